The van der Waals surface area contributed by atoms with E-state index in [1.807, 2.05) is 0 Å². The highest BCUT2D eigenvalue weighted by atomic mass is 16.6. The summed E-state index contributed by atoms with van der Waals surface area (Å²) in [6, 6.07) is 5.58. The van der Waals surface area contributed by atoms with Crippen molar-refractivity contribution >= 4 is 11.7 Å². The Kier molecular flexibility index (Phi) is 7.04. The Hall–Kier alpha value is -1.91. The van der Waals surface area contributed by atoms with Crippen LogP contribution in [0.15, 0.2) is 24.3 Å². The van der Waals surface area contributed by atoms with Gasteiger partial charge >= 0.3 is 5.97 Å². The second-order valence-electron chi connectivity index (χ2n) is 6.33. The Morgan fingerprint density at radius 2 is 1.65 bits per heavy atom. The van der Waals surface area contributed by atoms with Crippen molar-refractivity contribution in [3.63, 3.8) is 0 Å². The first kappa shape index (κ1) is 17.4. The van der Waals surface area contributed by atoms with Gasteiger partial charge in [0, 0.05) is 18.6 Å². The van der Waals surface area contributed by atoms with E-state index in [1.54, 1.807) is 0 Å². The zero-order valence-electron chi connectivity index (χ0n) is 13.5. The normalized spacial score (nSPS) is 13.7. The van der Waals surface area contributed by atoms with Crippen molar-refractivity contribution in [1.82, 2.24) is 0 Å². The van der Waals surface area contributed by atoms with Crippen LogP contribution in [0.3, 0.4) is 0 Å². The third kappa shape index (κ3) is 7.26. The van der Waals surface area contributed by atoms with Crippen LogP contribution in [0.5, 0.6) is 5.75 Å². The first-order valence-electron chi connectivity index (χ1n) is 8.60. The van der Waals surface area contributed by atoms with E-state index in [4.69, 9.17) is 4.74 Å². The number of nitro groups is 1. The predicted molar refractivity (Wildman–Crippen MR) is 88.4 cm³/mol. The molecule has 23 heavy (non-hydrogen) atoms. The monoisotopic (exact) mass is 319 g/mol. The molecule has 0 aromatic heterocycles. The lowest BCUT2D eigenvalue weighted by molar-refractivity contribution is -0.384. The zero-order valence-corrected chi connectivity index (χ0v) is 13.5. The quantitative estimate of drug-likeness (QED) is 0.188. The summed E-state index contributed by atoms with van der Waals surface area (Å²) >= 11 is 0. The van der Waals surface area contributed by atoms with E-state index in [9.17, 15) is 14.9 Å². The molecule has 0 amide bonds. The van der Waals surface area contributed by atoms with Crippen LogP contribution in [0.1, 0.15) is 64.2 Å². The van der Waals surface area contributed by atoms with Gasteiger partial charge in [-0.05, 0) is 24.5 Å². The van der Waals surface area contributed by atoms with E-state index in [1.165, 1.54) is 69.2 Å². The number of nitro benzene ring substituents is 1. The number of hydrogen-bond acceptors (Lipinski definition) is 4. The third-order valence-corrected chi connectivity index (χ3v) is 4.22. The zero-order chi connectivity index (χ0) is 16.5. The number of non-ortho nitro benzene ring substituents is 1. The highest BCUT2D eigenvalue weighted by molar-refractivity contribution is 5.72. The molecule has 5 heteroatoms. The molecule has 0 aliphatic heterocycles. The minimum Gasteiger partial charge on any atom is -0.427 e. The molecule has 0 radical (unpaired) electrons. The molecule has 1 aromatic rings. The van der Waals surface area contributed by atoms with Gasteiger partial charge in [0.05, 0.1) is 4.92 Å². The van der Waals surface area contributed by atoms with Gasteiger partial charge in [-0.3, -0.25) is 14.9 Å². The van der Waals surface area contributed by atoms with Gasteiger partial charge in [-0.1, -0.05) is 51.4 Å². The Morgan fingerprint density at radius 3 is 2.26 bits per heavy atom. The second-order valence-corrected chi connectivity index (χ2v) is 6.33. The molecule has 0 N–H and O–H groups in total. The van der Waals surface area contributed by atoms with Crippen molar-refractivity contribution < 1.29 is 14.5 Å². The average molecular weight is 319 g/mol. The molecule has 0 atom stereocenters. The molecule has 0 heterocycles. The van der Waals surface area contributed by atoms with E-state index < -0.39 is 4.92 Å². The lowest BCUT2D eigenvalue weighted by Gasteiger charge is -2.04. The summed E-state index contributed by atoms with van der Waals surface area (Å²) in [5.41, 5.74) is -0.00788. The molecule has 0 spiro atoms. The van der Waals surface area contributed by atoms with Gasteiger partial charge < -0.3 is 4.74 Å². The topological polar surface area (TPSA) is 69.4 Å². The van der Waals surface area contributed by atoms with Gasteiger partial charge in [0.2, 0.25) is 0 Å². The lowest BCUT2D eigenvalue weighted by atomic mass is 10.1. The maximum Gasteiger partial charge on any atom is 0.311 e. The minimum absolute atomic E-state index is 0.00788. The molecule has 1 aromatic carbocycles. The van der Waals surface area contributed by atoms with Gasteiger partial charge in [-0.25, -0.2) is 0 Å². The van der Waals surface area contributed by atoms with Gasteiger partial charge in [0.15, 0.2) is 0 Å². The van der Waals surface area contributed by atoms with Crippen molar-refractivity contribution in [3.8, 4) is 5.75 Å². The molecule has 0 unspecified atom stereocenters. The molecule has 1 aliphatic carbocycles. The molecule has 5 nitrogen and oxygen atoms in total. The van der Waals surface area contributed by atoms with Crippen molar-refractivity contribution in [2.75, 3.05) is 0 Å². The van der Waals surface area contributed by atoms with E-state index >= 15 is 0 Å². The Morgan fingerprint density at radius 1 is 1.04 bits per heavy atom. The molecule has 0 saturated heterocycles. The highest BCUT2D eigenvalue weighted by Gasteiger charge is 2.19. The molecule has 1 aliphatic rings. The Balaban J connectivity index is 1.49. The van der Waals surface area contributed by atoms with Crippen LogP contribution in [0, 0.1) is 16.0 Å². The number of esters is 1. The van der Waals surface area contributed by atoms with Crippen molar-refractivity contribution in [3.05, 3.63) is 34.4 Å². The standard InChI is InChI=1S/C18H25NO4/c20-18(23-17-13-11-16(12-14-17)19(21)22)8-6-4-2-1-3-5-7-15-9-10-15/h11-15H,1-10H2. The van der Waals surface area contributed by atoms with E-state index in [0.29, 0.717) is 12.2 Å². The van der Waals surface area contributed by atoms with Crippen LogP contribution in [-0.2, 0) is 4.79 Å². The highest BCUT2D eigenvalue weighted by Crippen LogP contribution is 2.34. The number of rotatable bonds is 11. The number of unbranched alkanes of at least 4 members (excludes halogenated alkanes) is 5. The summed E-state index contributed by atoms with van der Waals surface area (Å²) in [6.07, 6.45) is 11.7. The van der Waals surface area contributed by atoms with Crippen LogP contribution in [-0.4, -0.2) is 10.9 Å². The van der Waals surface area contributed by atoms with Gasteiger partial charge in [-0.2, -0.15) is 0 Å². The van der Waals surface area contributed by atoms with Crippen LogP contribution < -0.4 is 4.74 Å². The number of carbonyl (C=O) groups excluding carboxylic acids is 1. The van der Waals surface area contributed by atoms with E-state index in [0.717, 1.165) is 18.8 Å². The third-order valence-electron chi connectivity index (χ3n) is 4.22. The fourth-order valence-electron chi connectivity index (χ4n) is 2.63. The fraction of sp³-hybridized carbons (Fsp3) is 0.611. The molecule has 0 bridgehead atoms. The molecular formula is C18H25NO4. The number of nitrogens with zero attached hydrogens (tertiary/aromatic N) is 1. The lowest BCUT2D eigenvalue weighted by Crippen LogP contribution is -2.07. The first-order chi connectivity index (χ1) is 11.1. The summed E-state index contributed by atoms with van der Waals surface area (Å²) < 4.78 is 5.17. The van der Waals surface area contributed by atoms with Crippen LogP contribution in [0.2, 0.25) is 0 Å². The number of carbonyl (C=O) groups is 1. The molecule has 2 rings (SSSR count). The SMILES string of the molecule is O=C(CCCCCCCCC1CC1)Oc1ccc([N+](=O)[O-])cc1. The van der Waals surface area contributed by atoms with Crippen molar-refractivity contribution in [2.45, 2.75) is 64.2 Å². The van der Waals surface area contributed by atoms with Crippen LogP contribution >= 0.6 is 0 Å². The van der Waals surface area contributed by atoms with Crippen molar-refractivity contribution in [1.29, 1.82) is 0 Å². The Bertz CT molecular complexity index is 508. The second kappa shape index (κ2) is 9.28. The summed E-state index contributed by atoms with van der Waals surface area (Å²) in [5, 5.41) is 10.5. The Labute approximate surface area is 137 Å². The minimum atomic E-state index is -0.476. The number of hydrogen-bond donors (Lipinski definition) is 0. The number of benzene rings is 1. The summed E-state index contributed by atoms with van der Waals surface area (Å²) in [4.78, 5) is 21.8. The summed E-state index contributed by atoms with van der Waals surface area (Å²) in [5.74, 6) is 1.12. The molecule has 1 saturated carbocycles. The summed E-state index contributed by atoms with van der Waals surface area (Å²) in [7, 11) is 0. The largest absolute Gasteiger partial charge is 0.427 e. The van der Waals surface area contributed by atoms with Crippen LogP contribution in [0.4, 0.5) is 5.69 Å². The molecular weight excluding hydrogens is 294 g/mol. The van der Waals surface area contributed by atoms with Gasteiger partial charge in [-0.15, -0.1) is 0 Å². The summed E-state index contributed by atoms with van der Waals surface area (Å²) in [6.45, 7) is 0. The average Bonchev–Trinajstić information content (AvgIpc) is 3.34. The molecule has 126 valence electrons. The maximum absolute atomic E-state index is 11.7. The number of ether oxygens (including phenoxy) is 1. The first-order valence-corrected chi connectivity index (χ1v) is 8.60. The fourth-order valence-corrected chi connectivity index (χ4v) is 2.63. The van der Waals surface area contributed by atoms with E-state index in [2.05, 4.69) is 0 Å². The van der Waals surface area contributed by atoms with Crippen molar-refractivity contribution in [2.24, 2.45) is 5.92 Å². The van der Waals surface area contributed by atoms with E-state index in [-0.39, 0.29) is 11.7 Å². The van der Waals surface area contributed by atoms with Gasteiger partial charge in [0.1, 0.15) is 5.75 Å². The van der Waals surface area contributed by atoms with Crippen LogP contribution in [0.25, 0.3) is 0 Å². The smallest absolute Gasteiger partial charge is 0.311 e. The predicted octanol–water partition coefficient (Wildman–Crippen LogP) is 5.03. The van der Waals surface area contributed by atoms with Gasteiger partial charge in [0.25, 0.3) is 5.69 Å². The maximum atomic E-state index is 11.7. The molecule has 1 fully saturated rings.